The van der Waals surface area contributed by atoms with Crippen LogP contribution in [0.5, 0.6) is 0 Å². The van der Waals surface area contributed by atoms with Gasteiger partial charge in [0.1, 0.15) is 0 Å². The van der Waals surface area contributed by atoms with E-state index in [1.165, 1.54) is 22.7 Å². The van der Waals surface area contributed by atoms with Gasteiger partial charge < -0.3 is 4.90 Å². The predicted molar refractivity (Wildman–Crippen MR) is 77.2 cm³/mol. The monoisotopic (exact) mass is 315 g/mol. The van der Waals surface area contributed by atoms with Gasteiger partial charge >= 0.3 is 0 Å². The zero-order valence-electron chi connectivity index (χ0n) is 11.6. The van der Waals surface area contributed by atoms with E-state index in [1.807, 2.05) is 0 Å². The quantitative estimate of drug-likeness (QED) is 0.454. The lowest BCUT2D eigenvalue weighted by Crippen LogP contribution is -2.47. The van der Waals surface area contributed by atoms with Crippen molar-refractivity contribution in [2.75, 3.05) is 32.4 Å². The van der Waals surface area contributed by atoms with Crippen LogP contribution in [-0.2, 0) is 14.8 Å². The Balaban J connectivity index is 0.000000219. The van der Waals surface area contributed by atoms with Crippen molar-refractivity contribution in [3.05, 3.63) is 40.4 Å². The van der Waals surface area contributed by atoms with E-state index in [4.69, 9.17) is 0 Å². The number of hydrogen-bond donors (Lipinski definition) is 0. The first-order valence-corrected chi connectivity index (χ1v) is 8.03. The normalized spacial score (nSPS) is 15.8. The summed E-state index contributed by atoms with van der Waals surface area (Å²) in [6, 6.07) is 7.93. The van der Waals surface area contributed by atoms with Gasteiger partial charge in [0.25, 0.3) is 5.69 Å². The molecular formula is C12H17N3O5S. The third-order valence-electron chi connectivity index (χ3n) is 2.86. The van der Waals surface area contributed by atoms with E-state index >= 15 is 0 Å². The predicted octanol–water partition coefficient (Wildman–Crippen LogP) is 0.315. The molecule has 1 aromatic rings. The zero-order valence-corrected chi connectivity index (χ0v) is 12.4. The van der Waals surface area contributed by atoms with Crippen LogP contribution in [-0.4, -0.2) is 61.4 Å². The van der Waals surface area contributed by atoms with Crippen molar-refractivity contribution in [2.24, 2.45) is 0 Å². The molecule has 0 aliphatic carbocycles. The lowest BCUT2D eigenvalue weighted by molar-refractivity contribution is -0.384. The second-order valence-corrected chi connectivity index (χ2v) is 6.38. The van der Waals surface area contributed by atoms with Gasteiger partial charge in [0.05, 0.1) is 11.2 Å². The Labute approximate surface area is 123 Å². The molecule has 0 radical (unpaired) electrons. The van der Waals surface area contributed by atoms with Crippen molar-refractivity contribution in [3.63, 3.8) is 0 Å². The van der Waals surface area contributed by atoms with Gasteiger partial charge in [-0.15, -0.1) is 0 Å². The Hall–Kier alpha value is -2.00. The van der Waals surface area contributed by atoms with Gasteiger partial charge in [0.15, 0.2) is 0 Å². The summed E-state index contributed by atoms with van der Waals surface area (Å²) in [7, 11) is -3.07. The number of nitro benzene ring substituents is 1. The highest BCUT2D eigenvalue weighted by Gasteiger charge is 2.21. The number of carbonyl (C=O) groups excluding carboxylic acids is 1. The van der Waals surface area contributed by atoms with Crippen LogP contribution < -0.4 is 0 Å². The summed E-state index contributed by atoms with van der Waals surface area (Å²) in [6.07, 6.45) is 1.93. The van der Waals surface area contributed by atoms with Crippen LogP contribution in [0.25, 0.3) is 0 Å². The largest absolute Gasteiger partial charge is 0.343 e. The third-order valence-corrected chi connectivity index (χ3v) is 4.16. The minimum Gasteiger partial charge on any atom is -0.343 e. The smallest absolute Gasteiger partial charge is 0.269 e. The van der Waals surface area contributed by atoms with Crippen LogP contribution >= 0.6 is 0 Å². The molecular weight excluding hydrogens is 298 g/mol. The van der Waals surface area contributed by atoms with Crippen LogP contribution in [0.2, 0.25) is 0 Å². The number of carbonyl (C=O) groups is 1. The molecule has 1 aromatic carbocycles. The topological polar surface area (TPSA) is 101 Å². The highest BCUT2D eigenvalue weighted by Crippen LogP contribution is 2.06. The number of hydrogen-bond acceptors (Lipinski definition) is 5. The average molecular weight is 315 g/mol. The molecule has 1 heterocycles. The van der Waals surface area contributed by atoms with Crippen molar-refractivity contribution in [1.29, 1.82) is 0 Å². The highest BCUT2D eigenvalue weighted by molar-refractivity contribution is 7.88. The summed E-state index contributed by atoms with van der Waals surface area (Å²) >= 11 is 0. The number of non-ortho nitro benzene ring substituents is 1. The first-order valence-electron chi connectivity index (χ1n) is 6.18. The minimum atomic E-state index is -3.07. The Bertz CT molecular complexity index is 568. The van der Waals surface area contributed by atoms with E-state index in [1.54, 1.807) is 23.1 Å². The van der Waals surface area contributed by atoms with E-state index < -0.39 is 14.9 Å². The van der Waals surface area contributed by atoms with Crippen LogP contribution in [0.4, 0.5) is 5.69 Å². The number of rotatable bonds is 3. The van der Waals surface area contributed by atoms with Crippen molar-refractivity contribution in [2.45, 2.75) is 0 Å². The fraction of sp³-hybridized carbons (Fsp3) is 0.417. The number of piperazine rings is 1. The van der Waals surface area contributed by atoms with Gasteiger partial charge in [-0.05, 0) is 0 Å². The van der Waals surface area contributed by atoms with E-state index in [2.05, 4.69) is 0 Å². The summed E-state index contributed by atoms with van der Waals surface area (Å²) in [5, 5.41) is 10.0. The summed E-state index contributed by atoms with van der Waals surface area (Å²) in [5.74, 6) is 0. The Morgan fingerprint density at radius 1 is 1.14 bits per heavy atom. The van der Waals surface area contributed by atoms with Crippen LogP contribution in [0.3, 0.4) is 0 Å². The summed E-state index contributed by atoms with van der Waals surface area (Å²) in [5.41, 5.74) is 0.137. The van der Waals surface area contributed by atoms with Gasteiger partial charge in [0, 0.05) is 38.3 Å². The Morgan fingerprint density at radius 2 is 1.67 bits per heavy atom. The zero-order chi connectivity index (χ0) is 15.9. The number of amides is 1. The summed E-state index contributed by atoms with van der Waals surface area (Å²) < 4.78 is 23.4. The van der Waals surface area contributed by atoms with Crippen molar-refractivity contribution in [1.82, 2.24) is 9.21 Å². The maximum atomic E-state index is 11.0. The van der Waals surface area contributed by atoms with Gasteiger partial charge in [0.2, 0.25) is 16.4 Å². The van der Waals surface area contributed by atoms with E-state index in [0.29, 0.717) is 26.2 Å². The van der Waals surface area contributed by atoms with Crippen LogP contribution in [0, 0.1) is 10.1 Å². The molecule has 0 unspecified atom stereocenters. The third kappa shape index (κ3) is 5.88. The molecule has 1 amide bonds. The number of nitro groups is 1. The second kappa shape index (κ2) is 7.70. The molecule has 1 fully saturated rings. The highest BCUT2D eigenvalue weighted by atomic mass is 32.2. The van der Waals surface area contributed by atoms with Crippen molar-refractivity contribution < 1.29 is 18.1 Å². The van der Waals surface area contributed by atoms with Gasteiger partial charge in [-0.2, -0.15) is 4.31 Å². The molecule has 8 nitrogen and oxygen atoms in total. The Kier molecular flexibility index (Phi) is 6.25. The molecule has 0 atom stereocenters. The Morgan fingerprint density at radius 3 is 2.00 bits per heavy atom. The molecule has 9 heteroatoms. The molecule has 1 aliphatic heterocycles. The standard InChI is InChI=1S/C6H12N2O3S.C6H5NO2/c1-12(10,11)8-4-2-7(6-9)3-5-8;8-7(9)6-4-2-1-3-5-6/h6H,2-5H2,1H3;1-5H. The van der Waals surface area contributed by atoms with Crippen molar-refractivity contribution >= 4 is 22.1 Å². The van der Waals surface area contributed by atoms with E-state index in [0.717, 1.165) is 6.41 Å². The molecule has 0 bridgehead atoms. The van der Waals surface area contributed by atoms with Crippen molar-refractivity contribution in [3.8, 4) is 0 Å². The molecule has 1 saturated heterocycles. The molecule has 1 aliphatic rings. The van der Waals surface area contributed by atoms with Crippen LogP contribution in [0.15, 0.2) is 30.3 Å². The first kappa shape index (κ1) is 17.1. The van der Waals surface area contributed by atoms with Gasteiger partial charge in [-0.25, -0.2) is 8.42 Å². The second-order valence-electron chi connectivity index (χ2n) is 4.40. The van der Waals surface area contributed by atoms with E-state index in [-0.39, 0.29) is 5.69 Å². The summed E-state index contributed by atoms with van der Waals surface area (Å²) in [6.45, 7) is 1.82. The number of sulfonamides is 1. The minimum absolute atomic E-state index is 0.137. The average Bonchev–Trinajstić information content (AvgIpc) is 2.48. The molecule has 116 valence electrons. The number of para-hydroxylation sites is 1. The fourth-order valence-corrected chi connectivity index (χ4v) is 2.52. The maximum Gasteiger partial charge on any atom is 0.269 e. The number of benzene rings is 1. The lowest BCUT2D eigenvalue weighted by Gasteiger charge is -2.30. The number of nitrogens with zero attached hydrogens (tertiary/aromatic N) is 3. The molecule has 0 saturated carbocycles. The molecule has 21 heavy (non-hydrogen) atoms. The van der Waals surface area contributed by atoms with Gasteiger partial charge in [-0.3, -0.25) is 14.9 Å². The van der Waals surface area contributed by atoms with E-state index in [9.17, 15) is 23.3 Å². The van der Waals surface area contributed by atoms with Crippen LogP contribution in [0.1, 0.15) is 0 Å². The lowest BCUT2D eigenvalue weighted by atomic mass is 10.3. The molecule has 0 spiro atoms. The maximum absolute atomic E-state index is 11.0. The van der Waals surface area contributed by atoms with Gasteiger partial charge in [-0.1, -0.05) is 18.2 Å². The summed E-state index contributed by atoms with van der Waals surface area (Å²) in [4.78, 5) is 21.4. The molecule has 0 N–H and O–H groups in total. The first-order chi connectivity index (χ1) is 9.84. The molecule has 2 rings (SSSR count). The fourth-order valence-electron chi connectivity index (χ4n) is 1.69. The molecule has 0 aromatic heterocycles. The SMILES string of the molecule is CS(=O)(=O)N1CCN(C=O)CC1.O=[N+]([O-])c1ccccc1.